The monoisotopic (exact) mass is 475 g/mol. The van der Waals surface area contributed by atoms with Crippen molar-refractivity contribution >= 4 is 29.4 Å². The van der Waals surface area contributed by atoms with E-state index in [0.717, 1.165) is 17.0 Å². The van der Waals surface area contributed by atoms with E-state index in [-0.39, 0.29) is 11.7 Å². The molecule has 0 atom stereocenters. The van der Waals surface area contributed by atoms with Gasteiger partial charge in [-0.15, -0.1) is 10.2 Å². The summed E-state index contributed by atoms with van der Waals surface area (Å²) in [7, 11) is 3.19. The standard InChI is InChI=1S/C21H25N5O4S2/c1-13-9-14(2)24-20(23-13)31-12-19-25-26-21(30-19)32-11-18(27)22-8-7-15-5-6-16(28-3)17(10-15)29-4/h5-6,9-10H,7-8,11-12H2,1-4H3,(H,22,27). The largest absolute Gasteiger partial charge is 0.493 e. The lowest BCUT2D eigenvalue weighted by Crippen LogP contribution is -2.27. The van der Waals surface area contributed by atoms with Gasteiger partial charge < -0.3 is 19.2 Å². The number of aryl methyl sites for hydroxylation is 2. The lowest BCUT2D eigenvalue weighted by molar-refractivity contribution is -0.118. The number of ether oxygens (including phenoxy) is 2. The number of nitrogens with zero attached hydrogens (tertiary/aromatic N) is 4. The molecule has 2 aromatic heterocycles. The number of nitrogens with one attached hydrogen (secondary N) is 1. The lowest BCUT2D eigenvalue weighted by Gasteiger charge is -2.10. The van der Waals surface area contributed by atoms with Gasteiger partial charge in [-0.1, -0.05) is 29.6 Å². The highest BCUT2D eigenvalue weighted by atomic mass is 32.2. The van der Waals surface area contributed by atoms with E-state index in [9.17, 15) is 4.79 Å². The highest BCUT2D eigenvalue weighted by molar-refractivity contribution is 7.99. The van der Waals surface area contributed by atoms with Gasteiger partial charge in [-0.3, -0.25) is 4.79 Å². The van der Waals surface area contributed by atoms with E-state index in [1.807, 2.05) is 38.1 Å². The Balaban J connectivity index is 1.39. The van der Waals surface area contributed by atoms with Crippen LogP contribution in [0, 0.1) is 13.8 Å². The summed E-state index contributed by atoms with van der Waals surface area (Å²) in [6, 6.07) is 7.62. The van der Waals surface area contributed by atoms with E-state index in [1.54, 1.807) is 14.2 Å². The Kier molecular flexibility index (Phi) is 8.74. The molecule has 1 N–H and O–H groups in total. The van der Waals surface area contributed by atoms with Gasteiger partial charge in [-0.05, 0) is 44.0 Å². The summed E-state index contributed by atoms with van der Waals surface area (Å²) < 4.78 is 16.1. The fourth-order valence-electron chi connectivity index (χ4n) is 2.80. The molecule has 0 bridgehead atoms. The second-order valence-corrected chi connectivity index (χ2v) is 8.63. The van der Waals surface area contributed by atoms with Crippen molar-refractivity contribution in [1.29, 1.82) is 0 Å². The van der Waals surface area contributed by atoms with E-state index in [1.165, 1.54) is 23.5 Å². The van der Waals surface area contributed by atoms with Gasteiger partial charge in [-0.2, -0.15) is 0 Å². The molecule has 0 spiro atoms. The molecule has 0 aliphatic rings. The Morgan fingerprint density at radius 3 is 2.50 bits per heavy atom. The zero-order valence-corrected chi connectivity index (χ0v) is 20.0. The van der Waals surface area contributed by atoms with Crippen LogP contribution in [-0.4, -0.2) is 52.6 Å². The van der Waals surface area contributed by atoms with Crippen LogP contribution in [0.5, 0.6) is 11.5 Å². The van der Waals surface area contributed by atoms with Crippen molar-refractivity contribution in [2.75, 3.05) is 26.5 Å². The third-order valence-electron chi connectivity index (χ3n) is 4.25. The molecule has 0 fully saturated rings. The molecule has 0 aliphatic heterocycles. The molecule has 32 heavy (non-hydrogen) atoms. The van der Waals surface area contributed by atoms with Gasteiger partial charge in [0.1, 0.15) is 0 Å². The number of amides is 1. The Morgan fingerprint density at radius 2 is 1.78 bits per heavy atom. The van der Waals surface area contributed by atoms with Crippen LogP contribution < -0.4 is 14.8 Å². The SMILES string of the molecule is COc1ccc(CCNC(=O)CSc2nnc(CSc3nc(C)cc(C)n3)o2)cc1OC. The third kappa shape index (κ3) is 7.13. The molecule has 170 valence electrons. The van der Waals surface area contributed by atoms with Gasteiger partial charge in [-0.25, -0.2) is 9.97 Å². The van der Waals surface area contributed by atoms with Gasteiger partial charge in [0.2, 0.25) is 11.8 Å². The Hall–Kier alpha value is -2.79. The number of hydrogen-bond donors (Lipinski definition) is 1. The molecule has 3 aromatic rings. The second-order valence-electron chi connectivity index (χ2n) is 6.76. The van der Waals surface area contributed by atoms with Crippen molar-refractivity contribution < 1.29 is 18.7 Å². The van der Waals surface area contributed by atoms with Gasteiger partial charge in [0.05, 0.1) is 25.7 Å². The maximum Gasteiger partial charge on any atom is 0.277 e. The zero-order chi connectivity index (χ0) is 22.9. The first kappa shape index (κ1) is 23.9. The van der Waals surface area contributed by atoms with Gasteiger partial charge >= 0.3 is 0 Å². The lowest BCUT2D eigenvalue weighted by atomic mass is 10.1. The van der Waals surface area contributed by atoms with Crippen LogP contribution in [0.15, 0.2) is 39.1 Å². The third-order valence-corrected chi connectivity index (χ3v) is 5.90. The minimum absolute atomic E-state index is 0.103. The number of aromatic nitrogens is 4. The van der Waals surface area contributed by atoms with Crippen molar-refractivity contribution in [3.05, 3.63) is 47.1 Å². The minimum atomic E-state index is -0.103. The molecule has 0 unspecified atom stereocenters. The zero-order valence-electron chi connectivity index (χ0n) is 18.4. The molecule has 1 aromatic carbocycles. The highest BCUT2D eigenvalue weighted by Crippen LogP contribution is 2.27. The predicted molar refractivity (Wildman–Crippen MR) is 122 cm³/mol. The van der Waals surface area contributed by atoms with Crippen LogP contribution in [0.4, 0.5) is 0 Å². The first-order chi connectivity index (χ1) is 15.5. The fourth-order valence-corrected chi connectivity index (χ4v) is 4.20. The molecule has 1 amide bonds. The molecular formula is C21H25N5O4S2. The van der Waals surface area contributed by atoms with Crippen LogP contribution in [-0.2, 0) is 17.0 Å². The topological polar surface area (TPSA) is 112 Å². The number of thioether (sulfide) groups is 2. The van der Waals surface area contributed by atoms with Gasteiger partial charge in [0, 0.05) is 17.9 Å². The van der Waals surface area contributed by atoms with Crippen molar-refractivity contribution in [3.8, 4) is 11.5 Å². The van der Waals surface area contributed by atoms with E-state index >= 15 is 0 Å². The van der Waals surface area contributed by atoms with Crippen LogP contribution >= 0.6 is 23.5 Å². The molecule has 3 rings (SSSR count). The average Bonchev–Trinajstić information content (AvgIpc) is 3.23. The summed E-state index contributed by atoms with van der Waals surface area (Å²) in [5, 5.41) is 11.9. The van der Waals surface area contributed by atoms with Crippen molar-refractivity contribution in [1.82, 2.24) is 25.5 Å². The van der Waals surface area contributed by atoms with Crippen LogP contribution in [0.1, 0.15) is 22.8 Å². The number of carbonyl (C=O) groups is 1. The predicted octanol–water partition coefficient (Wildman–Crippen LogP) is 3.24. The van der Waals surface area contributed by atoms with Crippen LogP contribution in [0.3, 0.4) is 0 Å². The van der Waals surface area contributed by atoms with E-state index in [0.29, 0.717) is 46.5 Å². The summed E-state index contributed by atoms with van der Waals surface area (Å²) >= 11 is 2.63. The Bertz CT molecular complexity index is 1040. The first-order valence-electron chi connectivity index (χ1n) is 9.84. The van der Waals surface area contributed by atoms with Crippen molar-refractivity contribution in [2.24, 2.45) is 0 Å². The molecule has 0 aliphatic carbocycles. The van der Waals surface area contributed by atoms with E-state index in [4.69, 9.17) is 13.9 Å². The summed E-state index contributed by atoms with van der Waals surface area (Å²) in [4.78, 5) is 20.9. The minimum Gasteiger partial charge on any atom is -0.493 e. The van der Waals surface area contributed by atoms with Crippen molar-refractivity contribution in [3.63, 3.8) is 0 Å². The molecule has 11 heteroatoms. The second kappa shape index (κ2) is 11.7. The molecule has 0 radical (unpaired) electrons. The Labute approximate surface area is 195 Å². The molecular weight excluding hydrogens is 450 g/mol. The van der Waals surface area contributed by atoms with Gasteiger partial charge in [0.15, 0.2) is 16.7 Å². The smallest absolute Gasteiger partial charge is 0.277 e. The summed E-state index contributed by atoms with van der Waals surface area (Å²) in [6.07, 6.45) is 0.680. The van der Waals surface area contributed by atoms with Crippen LogP contribution in [0.25, 0.3) is 0 Å². The molecule has 9 nitrogen and oxygen atoms in total. The number of methoxy groups -OCH3 is 2. The fraction of sp³-hybridized carbons (Fsp3) is 0.381. The number of rotatable bonds is 11. The Morgan fingerprint density at radius 1 is 1.03 bits per heavy atom. The maximum atomic E-state index is 12.1. The number of benzene rings is 1. The maximum absolute atomic E-state index is 12.1. The molecule has 0 saturated heterocycles. The number of hydrogen-bond acceptors (Lipinski definition) is 10. The summed E-state index contributed by atoms with van der Waals surface area (Å²) in [5.74, 6) is 2.37. The summed E-state index contributed by atoms with van der Waals surface area (Å²) in [6.45, 7) is 4.37. The summed E-state index contributed by atoms with van der Waals surface area (Å²) in [5.41, 5.74) is 2.88. The molecule has 2 heterocycles. The average molecular weight is 476 g/mol. The normalized spacial score (nSPS) is 10.8. The first-order valence-corrected chi connectivity index (χ1v) is 11.8. The van der Waals surface area contributed by atoms with Crippen LogP contribution in [0.2, 0.25) is 0 Å². The van der Waals surface area contributed by atoms with Crippen molar-refractivity contribution in [2.45, 2.75) is 36.4 Å². The number of carbonyl (C=O) groups excluding carboxylic acids is 1. The van der Waals surface area contributed by atoms with E-state index < -0.39 is 0 Å². The quantitative estimate of drug-likeness (QED) is 0.327. The molecule has 0 saturated carbocycles. The van der Waals surface area contributed by atoms with Gasteiger partial charge in [0.25, 0.3) is 5.22 Å². The van der Waals surface area contributed by atoms with E-state index in [2.05, 4.69) is 25.5 Å². The highest BCUT2D eigenvalue weighted by Gasteiger charge is 2.11.